The van der Waals surface area contributed by atoms with Crippen LogP contribution in [0.1, 0.15) is 42.3 Å². The van der Waals surface area contributed by atoms with E-state index in [0.29, 0.717) is 11.1 Å². The fraction of sp³-hybridized carbons (Fsp3) is 0.333. The molecule has 3 nitrogen and oxygen atoms in total. The summed E-state index contributed by atoms with van der Waals surface area (Å²) in [6.45, 7) is 5.78. The zero-order valence-corrected chi connectivity index (χ0v) is 9.03. The van der Waals surface area contributed by atoms with Gasteiger partial charge < -0.3 is 5.11 Å². The average Bonchev–Trinajstić information content (AvgIpc) is 2.15. The molecule has 0 heterocycles. The van der Waals surface area contributed by atoms with Crippen LogP contribution in [0.3, 0.4) is 0 Å². The van der Waals surface area contributed by atoms with E-state index in [-0.39, 0.29) is 11.0 Å². The molecule has 15 heavy (non-hydrogen) atoms. The van der Waals surface area contributed by atoms with Gasteiger partial charge in [0.05, 0.1) is 17.2 Å². The molecular formula is C12H13NO2. The maximum absolute atomic E-state index is 11.0. The number of carboxylic acid groups (broad SMARTS) is 1. The predicted octanol–water partition coefficient (Wildman–Crippen LogP) is 2.55. The highest BCUT2D eigenvalue weighted by molar-refractivity contribution is 5.90. The zero-order chi connectivity index (χ0) is 11.6. The van der Waals surface area contributed by atoms with Gasteiger partial charge >= 0.3 is 5.97 Å². The molecule has 0 aromatic heterocycles. The van der Waals surface area contributed by atoms with Crippen molar-refractivity contribution in [2.75, 3.05) is 0 Å². The highest BCUT2D eigenvalue weighted by Crippen LogP contribution is 2.26. The monoisotopic (exact) mass is 203 g/mol. The Hall–Kier alpha value is -1.82. The Morgan fingerprint density at radius 3 is 2.40 bits per heavy atom. The minimum absolute atomic E-state index is 0.265. The molecule has 1 rings (SSSR count). The van der Waals surface area contributed by atoms with E-state index in [2.05, 4.69) is 0 Å². The van der Waals surface area contributed by atoms with E-state index in [9.17, 15) is 4.79 Å². The maximum Gasteiger partial charge on any atom is 0.335 e. The number of carbonyl (C=O) groups is 1. The fourth-order valence-electron chi connectivity index (χ4n) is 1.42. The van der Waals surface area contributed by atoms with Crippen LogP contribution in [0.25, 0.3) is 0 Å². The fourth-order valence-corrected chi connectivity index (χ4v) is 1.42. The van der Waals surface area contributed by atoms with Gasteiger partial charge in [0.15, 0.2) is 0 Å². The van der Waals surface area contributed by atoms with Crippen LogP contribution < -0.4 is 0 Å². The normalized spacial score (nSPS) is 10.8. The lowest BCUT2D eigenvalue weighted by Gasteiger charge is -2.21. The first-order valence-corrected chi connectivity index (χ1v) is 4.64. The van der Waals surface area contributed by atoms with Gasteiger partial charge in [0.2, 0.25) is 0 Å². The molecule has 0 saturated carbocycles. The summed E-state index contributed by atoms with van der Waals surface area (Å²) < 4.78 is 0. The SMILES string of the molecule is CC(C)(C)c1cc(C#N)ccc1C(=O)O. The van der Waals surface area contributed by atoms with Gasteiger partial charge in [-0.2, -0.15) is 5.26 Å². The van der Waals surface area contributed by atoms with Crippen molar-refractivity contribution in [2.45, 2.75) is 26.2 Å². The Labute approximate surface area is 89.0 Å². The topological polar surface area (TPSA) is 61.1 Å². The summed E-state index contributed by atoms with van der Waals surface area (Å²) >= 11 is 0. The summed E-state index contributed by atoms with van der Waals surface area (Å²) in [5.74, 6) is -0.954. The molecule has 0 unspecified atom stereocenters. The van der Waals surface area contributed by atoms with Crippen LogP contribution in [0.4, 0.5) is 0 Å². The van der Waals surface area contributed by atoms with E-state index < -0.39 is 5.97 Å². The minimum atomic E-state index is -0.954. The summed E-state index contributed by atoms with van der Waals surface area (Å²) in [5, 5.41) is 17.8. The molecule has 0 atom stereocenters. The number of nitrogens with zero attached hydrogens (tertiary/aromatic N) is 1. The second-order valence-electron chi connectivity index (χ2n) is 4.43. The van der Waals surface area contributed by atoms with E-state index in [1.165, 1.54) is 12.1 Å². The smallest absolute Gasteiger partial charge is 0.335 e. The summed E-state index contributed by atoms with van der Waals surface area (Å²) in [4.78, 5) is 11.0. The number of hydrogen-bond acceptors (Lipinski definition) is 2. The number of nitriles is 1. The van der Waals surface area contributed by atoms with Crippen molar-refractivity contribution in [1.29, 1.82) is 5.26 Å². The molecule has 1 aromatic rings. The molecule has 0 saturated heterocycles. The molecule has 1 aromatic carbocycles. The molecule has 0 aliphatic carbocycles. The standard InChI is InChI=1S/C12H13NO2/c1-12(2,3)10-6-8(7-13)4-5-9(10)11(14)15/h4-6H,1-3H3,(H,14,15). The second kappa shape index (κ2) is 3.74. The van der Waals surface area contributed by atoms with E-state index in [4.69, 9.17) is 10.4 Å². The van der Waals surface area contributed by atoms with Gasteiger partial charge in [-0.25, -0.2) is 4.79 Å². The second-order valence-corrected chi connectivity index (χ2v) is 4.43. The number of aromatic carboxylic acids is 1. The molecule has 78 valence electrons. The van der Waals surface area contributed by atoms with Gasteiger partial charge in [0.25, 0.3) is 0 Å². The van der Waals surface area contributed by atoms with Crippen molar-refractivity contribution in [3.05, 3.63) is 34.9 Å². The minimum Gasteiger partial charge on any atom is -0.478 e. The van der Waals surface area contributed by atoms with Crippen LogP contribution in [-0.4, -0.2) is 11.1 Å². The highest BCUT2D eigenvalue weighted by Gasteiger charge is 2.21. The summed E-state index contributed by atoms with van der Waals surface area (Å²) in [6.07, 6.45) is 0. The van der Waals surface area contributed by atoms with Crippen LogP contribution in [-0.2, 0) is 5.41 Å². The van der Waals surface area contributed by atoms with E-state index in [1.54, 1.807) is 6.07 Å². The maximum atomic E-state index is 11.0. The zero-order valence-electron chi connectivity index (χ0n) is 9.03. The predicted molar refractivity (Wildman–Crippen MR) is 56.8 cm³/mol. The van der Waals surface area contributed by atoms with Crippen LogP contribution in [0.15, 0.2) is 18.2 Å². The Balaban J connectivity index is 3.44. The van der Waals surface area contributed by atoms with Crippen molar-refractivity contribution in [3.8, 4) is 6.07 Å². The summed E-state index contributed by atoms with van der Waals surface area (Å²) in [6, 6.07) is 6.67. The third-order valence-electron chi connectivity index (χ3n) is 2.19. The Kier molecular flexibility index (Phi) is 2.81. The molecule has 0 amide bonds. The number of rotatable bonds is 1. The molecule has 1 N–H and O–H groups in total. The van der Waals surface area contributed by atoms with Gasteiger partial charge in [-0.1, -0.05) is 20.8 Å². The molecular weight excluding hydrogens is 190 g/mol. The molecule has 0 bridgehead atoms. The first-order chi connectivity index (χ1) is 6.86. The van der Waals surface area contributed by atoms with Gasteiger partial charge in [0, 0.05) is 0 Å². The van der Waals surface area contributed by atoms with Crippen LogP contribution in [0.5, 0.6) is 0 Å². The van der Waals surface area contributed by atoms with Gasteiger partial charge in [-0.15, -0.1) is 0 Å². The molecule has 0 spiro atoms. The Morgan fingerprint density at radius 2 is 2.00 bits per heavy atom. The lowest BCUT2D eigenvalue weighted by atomic mass is 9.83. The highest BCUT2D eigenvalue weighted by atomic mass is 16.4. The molecule has 0 radical (unpaired) electrons. The lowest BCUT2D eigenvalue weighted by molar-refractivity contribution is 0.0694. The van der Waals surface area contributed by atoms with Gasteiger partial charge in [0.1, 0.15) is 0 Å². The Bertz CT molecular complexity index is 436. The Morgan fingerprint density at radius 1 is 1.40 bits per heavy atom. The molecule has 0 aliphatic rings. The molecule has 0 fully saturated rings. The van der Waals surface area contributed by atoms with Gasteiger partial charge in [-0.3, -0.25) is 0 Å². The van der Waals surface area contributed by atoms with Crippen LogP contribution in [0.2, 0.25) is 0 Å². The van der Waals surface area contributed by atoms with Crippen LogP contribution in [0, 0.1) is 11.3 Å². The van der Waals surface area contributed by atoms with E-state index in [0.717, 1.165) is 0 Å². The van der Waals surface area contributed by atoms with E-state index >= 15 is 0 Å². The molecule has 3 heteroatoms. The van der Waals surface area contributed by atoms with Crippen molar-refractivity contribution in [2.24, 2.45) is 0 Å². The first kappa shape index (κ1) is 11.3. The van der Waals surface area contributed by atoms with Crippen molar-refractivity contribution in [3.63, 3.8) is 0 Å². The third kappa shape index (κ3) is 2.35. The van der Waals surface area contributed by atoms with Gasteiger partial charge in [-0.05, 0) is 29.2 Å². The number of carboxylic acids is 1. The van der Waals surface area contributed by atoms with Crippen molar-refractivity contribution in [1.82, 2.24) is 0 Å². The summed E-state index contributed by atoms with van der Waals surface area (Å²) in [7, 11) is 0. The largest absolute Gasteiger partial charge is 0.478 e. The summed E-state index contributed by atoms with van der Waals surface area (Å²) in [5.41, 5.74) is 1.17. The number of hydrogen-bond donors (Lipinski definition) is 1. The number of benzene rings is 1. The van der Waals surface area contributed by atoms with Crippen molar-refractivity contribution < 1.29 is 9.90 Å². The lowest BCUT2D eigenvalue weighted by Crippen LogP contribution is -2.17. The quantitative estimate of drug-likeness (QED) is 0.763. The third-order valence-corrected chi connectivity index (χ3v) is 2.19. The molecule has 0 aliphatic heterocycles. The first-order valence-electron chi connectivity index (χ1n) is 4.64. The van der Waals surface area contributed by atoms with Crippen LogP contribution >= 0.6 is 0 Å². The average molecular weight is 203 g/mol. The van der Waals surface area contributed by atoms with E-state index in [1.807, 2.05) is 26.8 Å². The van der Waals surface area contributed by atoms with Crippen molar-refractivity contribution >= 4 is 5.97 Å².